The van der Waals surface area contributed by atoms with Gasteiger partial charge in [0.2, 0.25) is 5.91 Å². The number of β-lactam (4-membered cyclic amide) rings is 1. The zero-order valence-corrected chi connectivity index (χ0v) is 12.9. The molecule has 11 heteroatoms. The summed E-state index contributed by atoms with van der Waals surface area (Å²) in [5, 5.41) is 5.54. The topological polar surface area (TPSA) is 130 Å². The van der Waals surface area contributed by atoms with Crippen LogP contribution in [0.1, 0.15) is 12.5 Å². The third kappa shape index (κ3) is 3.61. The second-order valence-corrected chi connectivity index (χ2v) is 6.58. The molecule has 1 aliphatic rings. The Balaban J connectivity index is 1.91. The van der Waals surface area contributed by atoms with Gasteiger partial charge < -0.3 is 10.1 Å². The molecule has 0 aliphatic carbocycles. The molecule has 9 nitrogen and oxygen atoms in total. The molecule has 1 aromatic heterocycles. The lowest BCUT2D eigenvalue weighted by Crippen LogP contribution is -2.65. The summed E-state index contributed by atoms with van der Waals surface area (Å²) in [7, 11) is -4.58. The molecule has 1 atom stereocenters. The predicted octanol–water partition coefficient (Wildman–Crippen LogP) is -0.654. The zero-order chi connectivity index (χ0) is 16.5. The van der Waals surface area contributed by atoms with E-state index < -0.39 is 34.1 Å². The summed E-state index contributed by atoms with van der Waals surface area (Å²) in [5.74, 6) is -1.67. The van der Waals surface area contributed by atoms with Crippen LogP contribution in [0, 0.1) is 0 Å². The molecule has 0 aromatic carbocycles. The number of nitrogens with one attached hydrogen (secondary N) is 1. The van der Waals surface area contributed by atoms with Crippen molar-refractivity contribution >= 4 is 39.4 Å². The monoisotopic (exact) mass is 348 g/mol. The summed E-state index contributed by atoms with van der Waals surface area (Å²) >= 11 is 1.25. The molecular formula is C11H12N2O7S2. The molecule has 0 unspecified atom stereocenters. The van der Waals surface area contributed by atoms with Crippen LogP contribution in [0.5, 0.6) is 5.75 Å². The summed E-state index contributed by atoms with van der Waals surface area (Å²) in [6.07, 6.45) is -0.123. The highest BCUT2D eigenvalue weighted by Crippen LogP contribution is 2.24. The number of esters is 1. The minimum absolute atomic E-state index is 0.123. The molecule has 2 rings (SSSR count). The second kappa shape index (κ2) is 6.02. The van der Waals surface area contributed by atoms with Crippen LogP contribution >= 0.6 is 11.3 Å². The quantitative estimate of drug-likeness (QED) is 0.410. The van der Waals surface area contributed by atoms with Gasteiger partial charge in [-0.15, -0.1) is 11.3 Å². The van der Waals surface area contributed by atoms with Crippen LogP contribution in [-0.4, -0.2) is 47.6 Å². The van der Waals surface area contributed by atoms with Crippen LogP contribution in [-0.2, 0) is 31.1 Å². The third-order valence-electron chi connectivity index (χ3n) is 2.81. The average molecular weight is 348 g/mol. The highest BCUT2D eigenvalue weighted by atomic mass is 32.2. The summed E-state index contributed by atoms with van der Waals surface area (Å²) < 4.78 is 35.4. The van der Waals surface area contributed by atoms with E-state index in [4.69, 9.17) is 9.29 Å². The summed E-state index contributed by atoms with van der Waals surface area (Å²) in [5.41, 5.74) is 0.483. The van der Waals surface area contributed by atoms with Gasteiger partial charge in [0, 0.05) is 17.9 Å². The van der Waals surface area contributed by atoms with Crippen LogP contribution in [0.4, 0.5) is 0 Å². The molecule has 120 valence electrons. The Kier molecular flexibility index (Phi) is 4.49. The highest BCUT2D eigenvalue weighted by molar-refractivity contribution is 7.84. The van der Waals surface area contributed by atoms with E-state index >= 15 is 0 Å². The average Bonchev–Trinajstić information content (AvgIpc) is 2.78. The van der Waals surface area contributed by atoms with Gasteiger partial charge in [0.05, 0.1) is 13.0 Å². The molecule has 1 aliphatic heterocycles. The van der Waals surface area contributed by atoms with Gasteiger partial charge in [0.1, 0.15) is 11.8 Å². The van der Waals surface area contributed by atoms with Crippen molar-refractivity contribution in [2.75, 3.05) is 6.54 Å². The van der Waals surface area contributed by atoms with Crippen molar-refractivity contribution in [3.63, 3.8) is 0 Å². The lowest BCUT2D eigenvalue weighted by Gasteiger charge is -2.35. The van der Waals surface area contributed by atoms with Gasteiger partial charge in [-0.25, -0.2) is 4.31 Å². The van der Waals surface area contributed by atoms with E-state index in [1.54, 1.807) is 10.8 Å². The summed E-state index contributed by atoms with van der Waals surface area (Å²) in [6.45, 7) is 0.919. The van der Waals surface area contributed by atoms with Gasteiger partial charge in [0.25, 0.3) is 5.91 Å². The summed E-state index contributed by atoms with van der Waals surface area (Å²) in [4.78, 5) is 34.2. The van der Waals surface area contributed by atoms with Crippen LogP contribution in [0.25, 0.3) is 0 Å². The van der Waals surface area contributed by atoms with Crippen molar-refractivity contribution in [3.8, 4) is 5.75 Å². The van der Waals surface area contributed by atoms with Crippen LogP contribution in [0.15, 0.2) is 10.8 Å². The molecule has 1 saturated heterocycles. The van der Waals surface area contributed by atoms with Crippen LogP contribution in [0.3, 0.4) is 0 Å². The fourth-order valence-electron chi connectivity index (χ4n) is 1.81. The minimum Gasteiger partial charge on any atom is -0.426 e. The van der Waals surface area contributed by atoms with Crippen molar-refractivity contribution in [1.29, 1.82) is 0 Å². The molecule has 2 amide bonds. The normalized spacial score (nSPS) is 17.8. The van der Waals surface area contributed by atoms with E-state index in [0.717, 1.165) is 0 Å². The Morgan fingerprint density at radius 2 is 2.18 bits per heavy atom. The number of carbonyl (C=O) groups is 3. The zero-order valence-electron chi connectivity index (χ0n) is 11.3. The molecular weight excluding hydrogens is 336 g/mol. The van der Waals surface area contributed by atoms with Gasteiger partial charge in [-0.2, -0.15) is 8.42 Å². The maximum absolute atomic E-state index is 11.8. The molecule has 2 heterocycles. The van der Waals surface area contributed by atoms with Gasteiger partial charge >= 0.3 is 16.3 Å². The number of rotatable bonds is 5. The standard InChI is InChI=1S/C11H12N2O7S2/c1-6(14)20-9-5-21-4-7(9)2-10(15)12-8-3-13(11(8)16)22(17,18)19/h4-5,8H,2-3H2,1H3,(H,12,15)(H,17,18,19)/t8-/m0/s1. The number of nitrogens with zero attached hydrogens (tertiary/aromatic N) is 1. The van der Waals surface area contributed by atoms with E-state index in [1.807, 2.05) is 0 Å². The maximum atomic E-state index is 11.8. The maximum Gasteiger partial charge on any atom is 0.362 e. The van der Waals surface area contributed by atoms with Crippen LogP contribution in [0.2, 0.25) is 0 Å². The summed E-state index contributed by atoms with van der Waals surface area (Å²) in [6, 6.07) is -0.995. The first-order valence-electron chi connectivity index (χ1n) is 6.00. The van der Waals surface area contributed by atoms with Gasteiger partial charge in [0.15, 0.2) is 0 Å². The SMILES string of the molecule is CC(=O)Oc1cscc1CC(=O)N[C@H]1CN(S(=O)(=O)O)C1=O. The largest absolute Gasteiger partial charge is 0.426 e. The molecule has 1 aromatic rings. The van der Waals surface area contributed by atoms with E-state index in [2.05, 4.69) is 5.32 Å². The smallest absolute Gasteiger partial charge is 0.362 e. The second-order valence-electron chi connectivity index (χ2n) is 4.50. The predicted molar refractivity (Wildman–Crippen MR) is 74.5 cm³/mol. The Morgan fingerprint density at radius 1 is 1.50 bits per heavy atom. The number of ether oxygens (including phenoxy) is 1. The Bertz CT molecular complexity index is 725. The Morgan fingerprint density at radius 3 is 2.73 bits per heavy atom. The van der Waals surface area contributed by atoms with Crippen molar-refractivity contribution < 1.29 is 32.1 Å². The van der Waals surface area contributed by atoms with E-state index in [1.165, 1.54) is 18.3 Å². The first kappa shape index (κ1) is 16.4. The minimum atomic E-state index is -4.58. The fraction of sp³-hybridized carbons (Fsp3) is 0.364. The van der Waals surface area contributed by atoms with Crippen molar-refractivity contribution in [2.45, 2.75) is 19.4 Å². The van der Waals surface area contributed by atoms with Crippen LogP contribution < -0.4 is 10.1 Å². The molecule has 1 fully saturated rings. The molecule has 0 spiro atoms. The lowest BCUT2D eigenvalue weighted by atomic mass is 10.1. The highest BCUT2D eigenvalue weighted by Gasteiger charge is 2.44. The lowest BCUT2D eigenvalue weighted by molar-refractivity contribution is -0.140. The molecule has 0 saturated carbocycles. The van der Waals surface area contributed by atoms with Crippen molar-refractivity contribution in [3.05, 3.63) is 16.3 Å². The molecule has 0 radical (unpaired) electrons. The van der Waals surface area contributed by atoms with E-state index in [0.29, 0.717) is 5.56 Å². The van der Waals surface area contributed by atoms with Gasteiger partial charge in [-0.3, -0.25) is 18.9 Å². The van der Waals surface area contributed by atoms with Gasteiger partial charge in [-0.1, -0.05) is 0 Å². The molecule has 22 heavy (non-hydrogen) atoms. The number of thiophene rings is 1. The first-order chi connectivity index (χ1) is 10.2. The number of carbonyl (C=O) groups excluding carboxylic acids is 3. The van der Waals surface area contributed by atoms with E-state index in [-0.39, 0.29) is 23.0 Å². The van der Waals surface area contributed by atoms with E-state index in [9.17, 15) is 22.8 Å². The number of hydrogen-bond donors (Lipinski definition) is 2. The number of amides is 2. The third-order valence-corrected chi connectivity index (χ3v) is 4.47. The number of hydrogen-bond acceptors (Lipinski definition) is 7. The first-order valence-corrected chi connectivity index (χ1v) is 8.34. The molecule has 2 N–H and O–H groups in total. The van der Waals surface area contributed by atoms with Crippen molar-refractivity contribution in [2.24, 2.45) is 0 Å². The fourth-order valence-corrected chi connectivity index (χ4v) is 3.26. The Labute approximate surface area is 129 Å². The Hall–Kier alpha value is -1.98. The molecule has 0 bridgehead atoms. The van der Waals surface area contributed by atoms with Gasteiger partial charge in [-0.05, 0) is 5.38 Å². The van der Waals surface area contributed by atoms with Crippen molar-refractivity contribution in [1.82, 2.24) is 9.62 Å².